The second-order valence-electron chi connectivity index (χ2n) is 5.49. The zero-order valence-electron chi connectivity index (χ0n) is 13.5. The van der Waals surface area contributed by atoms with Gasteiger partial charge in [-0.05, 0) is 49.4 Å². The summed E-state index contributed by atoms with van der Waals surface area (Å²) in [5.41, 5.74) is 1.34. The van der Waals surface area contributed by atoms with Crippen LogP contribution in [0, 0.1) is 12.7 Å². The van der Waals surface area contributed by atoms with Crippen molar-refractivity contribution in [3.63, 3.8) is 0 Å². The van der Waals surface area contributed by atoms with Crippen LogP contribution in [-0.2, 0) is 10.0 Å². The average Bonchev–Trinajstić information content (AvgIpc) is 3.00. The van der Waals surface area contributed by atoms with Crippen LogP contribution in [-0.4, -0.2) is 29.3 Å². The molecule has 7 nitrogen and oxygen atoms in total. The third-order valence-corrected chi connectivity index (χ3v) is 5.04. The van der Waals surface area contributed by atoms with Crippen molar-refractivity contribution >= 4 is 21.7 Å². The molecular weight excluding hydrogens is 361 g/mol. The SMILES string of the molecule is Cc1ccnn1-c1cccc(NS(=O)(=O)c2cc(C(=O)O)ccc2F)c1. The summed E-state index contributed by atoms with van der Waals surface area (Å²) < 4.78 is 42.8. The van der Waals surface area contributed by atoms with Gasteiger partial charge in [0.2, 0.25) is 0 Å². The van der Waals surface area contributed by atoms with Gasteiger partial charge in [0, 0.05) is 11.9 Å². The minimum absolute atomic E-state index is 0.192. The Hall–Kier alpha value is -3.20. The number of anilines is 1. The fourth-order valence-electron chi connectivity index (χ4n) is 2.39. The number of aryl methyl sites for hydroxylation is 1. The molecule has 0 spiro atoms. The Labute approximate surface area is 148 Å². The smallest absolute Gasteiger partial charge is 0.335 e. The van der Waals surface area contributed by atoms with Gasteiger partial charge in [0.25, 0.3) is 10.0 Å². The summed E-state index contributed by atoms with van der Waals surface area (Å²) in [7, 11) is -4.31. The van der Waals surface area contributed by atoms with E-state index < -0.39 is 26.7 Å². The molecule has 0 aliphatic rings. The van der Waals surface area contributed by atoms with Crippen molar-refractivity contribution in [1.29, 1.82) is 0 Å². The van der Waals surface area contributed by atoms with Crippen LogP contribution < -0.4 is 4.72 Å². The molecule has 0 saturated carbocycles. The maximum absolute atomic E-state index is 14.0. The van der Waals surface area contributed by atoms with Crippen LogP contribution in [0.5, 0.6) is 0 Å². The van der Waals surface area contributed by atoms with Gasteiger partial charge in [-0.15, -0.1) is 0 Å². The molecule has 3 aromatic rings. The van der Waals surface area contributed by atoms with E-state index in [1.165, 1.54) is 12.1 Å². The highest BCUT2D eigenvalue weighted by atomic mass is 32.2. The zero-order valence-corrected chi connectivity index (χ0v) is 14.4. The number of carboxylic acid groups (broad SMARTS) is 1. The molecular formula is C17H14FN3O4S. The van der Waals surface area contributed by atoms with E-state index >= 15 is 0 Å². The Morgan fingerprint density at radius 2 is 1.96 bits per heavy atom. The second-order valence-corrected chi connectivity index (χ2v) is 7.14. The zero-order chi connectivity index (χ0) is 18.9. The molecule has 1 aromatic heterocycles. The van der Waals surface area contributed by atoms with E-state index in [2.05, 4.69) is 9.82 Å². The fourth-order valence-corrected chi connectivity index (χ4v) is 3.55. The first-order valence-electron chi connectivity index (χ1n) is 7.45. The predicted molar refractivity (Wildman–Crippen MR) is 92.5 cm³/mol. The van der Waals surface area contributed by atoms with Gasteiger partial charge in [-0.3, -0.25) is 4.72 Å². The van der Waals surface area contributed by atoms with Gasteiger partial charge >= 0.3 is 5.97 Å². The minimum Gasteiger partial charge on any atom is -0.478 e. The third kappa shape index (κ3) is 3.42. The van der Waals surface area contributed by atoms with E-state index in [0.717, 1.165) is 23.9 Å². The lowest BCUT2D eigenvalue weighted by atomic mass is 10.2. The molecule has 0 saturated heterocycles. The monoisotopic (exact) mass is 375 g/mol. The van der Waals surface area contributed by atoms with Crippen molar-refractivity contribution in [3.8, 4) is 5.69 Å². The van der Waals surface area contributed by atoms with E-state index in [1.807, 2.05) is 6.92 Å². The summed E-state index contributed by atoms with van der Waals surface area (Å²) in [6, 6.07) is 10.8. The highest BCUT2D eigenvalue weighted by molar-refractivity contribution is 7.92. The Morgan fingerprint density at radius 1 is 1.19 bits per heavy atom. The Balaban J connectivity index is 1.97. The largest absolute Gasteiger partial charge is 0.478 e. The summed E-state index contributed by atoms with van der Waals surface area (Å²) >= 11 is 0. The summed E-state index contributed by atoms with van der Waals surface area (Å²) in [6.07, 6.45) is 1.61. The van der Waals surface area contributed by atoms with Crippen molar-refractivity contribution in [1.82, 2.24) is 9.78 Å². The van der Waals surface area contributed by atoms with E-state index in [-0.39, 0.29) is 11.3 Å². The molecule has 0 fully saturated rings. The number of nitrogens with one attached hydrogen (secondary N) is 1. The molecule has 0 atom stereocenters. The maximum atomic E-state index is 14.0. The number of rotatable bonds is 5. The standard InChI is InChI=1S/C17H14FN3O4S/c1-11-7-8-19-21(11)14-4-2-3-13(10-14)20-26(24,25)16-9-12(17(22)23)5-6-15(16)18/h2-10,20H,1H3,(H,22,23). The van der Waals surface area contributed by atoms with Gasteiger partial charge in [0.15, 0.2) is 0 Å². The Bertz CT molecular complexity index is 1090. The number of halogens is 1. The maximum Gasteiger partial charge on any atom is 0.335 e. The van der Waals surface area contributed by atoms with Crippen LogP contribution in [0.1, 0.15) is 16.1 Å². The molecule has 2 N–H and O–H groups in total. The number of aromatic carboxylic acids is 1. The van der Waals surface area contributed by atoms with Gasteiger partial charge in [-0.25, -0.2) is 22.3 Å². The van der Waals surface area contributed by atoms with Gasteiger partial charge in [-0.1, -0.05) is 6.07 Å². The van der Waals surface area contributed by atoms with Crippen molar-refractivity contribution in [3.05, 3.63) is 71.8 Å². The van der Waals surface area contributed by atoms with Crippen LogP contribution in [0.2, 0.25) is 0 Å². The van der Waals surface area contributed by atoms with Gasteiger partial charge in [0.1, 0.15) is 10.7 Å². The third-order valence-electron chi connectivity index (χ3n) is 3.64. The number of hydrogen-bond donors (Lipinski definition) is 2. The number of aromatic nitrogens is 2. The molecule has 1 heterocycles. The minimum atomic E-state index is -4.31. The molecule has 0 radical (unpaired) electrons. The topological polar surface area (TPSA) is 101 Å². The molecule has 0 aliphatic heterocycles. The van der Waals surface area contributed by atoms with Gasteiger partial charge in [0.05, 0.1) is 16.9 Å². The Morgan fingerprint density at radius 3 is 2.62 bits per heavy atom. The van der Waals surface area contributed by atoms with Crippen LogP contribution in [0.25, 0.3) is 5.69 Å². The number of carbonyl (C=O) groups is 1. The molecule has 134 valence electrons. The van der Waals surface area contributed by atoms with Crippen LogP contribution >= 0.6 is 0 Å². The highest BCUT2D eigenvalue weighted by Crippen LogP contribution is 2.22. The number of hydrogen-bond acceptors (Lipinski definition) is 4. The van der Waals surface area contributed by atoms with E-state index in [9.17, 15) is 17.6 Å². The molecule has 0 bridgehead atoms. The number of nitrogens with zero attached hydrogens (tertiary/aromatic N) is 2. The number of benzene rings is 2. The molecule has 0 amide bonds. The Kier molecular flexibility index (Phi) is 4.47. The first kappa shape index (κ1) is 17.6. The second kappa shape index (κ2) is 6.60. The molecule has 9 heteroatoms. The molecule has 2 aromatic carbocycles. The molecule has 26 heavy (non-hydrogen) atoms. The van der Waals surface area contributed by atoms with Gasteiger partial charge in [-0.2, -0.15) is 5.10 Å². The highest BCUT2D eigenvalue weighted by Gasteiger charge is 2.21. The predicted octanol–water partition coefficient (Wildman–Crippen LogP) is 2.82. The molecule has 0 aliphatic carbocycles. The van der Waals surface area contributed by atoms with Crippen LogP contribution in [0.15, 0.2) is 59.6 Å². The van der Waals surface area contributed by atoms with Crippen molar-refractivity contribution < 1.29 is 22.7 Å². The average molecular weight is 375 g/mol. The van der Waals surface area contributed by atoms with E-state index in [1.54, 1.807) is 29.1 Å². The van der Waals surface area contributed by atoms with E-state index in [0.29, 0.717) is 5.69 Å². The molecule has 0 unspecified atom stereocenters. The van der Waals surface area contributed by atoms with Crippen molar-refractivity contribution in [2.75, 3.05) is 4.72 Å². The fraction of sp³-hybridized carbons (Fsp3) is 0.0588. The van der Waals surface area contributed by atoms with Crippen LogP contribution in [0.3, 0.4) is 0 Å². The lowest BCUT2D eigenvalue weighted by Gasteiger charge is -2.11. The first-order valence-corrected chi connectivity index (χ1v) is 8.93. The summed E-state index contributed by atoms with van der Waals surface area (Å²) in [5, 5.41) is 13.1. The van der Waals surface area contributed by atoms with Gasteiger partial charge < -0.3 is 5.11 Å². The number of sulfonamides is 1. The lowest BCUT2D eigenvalue weighted by Crippen LogP contribution is -2.16. The summed E-state index contributed by atoms with van der Waals surface area (Å²) in [6.45, 7) is 1.84. The normalized spacial score (nSPS) is 11.3. The lowest BCUT2D eigenvalue weighted by molar-refractivity contribution is 0.0696. The van der Waals surface area contributed by atoms with Crippen molar-refractivity contribution in [2.45, 2.75) is 11.8 Å². The van der Waals surface area contributed by atoms with E-state index in [4.69, 9.17) is 5.11 Å². The summed E-state index contributed by atoms with van der Waals surface area (Å²) in [5.74, 6) is -2.39. The van der Waals surface area contributed by atoms with Crippen molar-refractivity contribution in [2.24, 2.45) is 0 Å². The summed E-state index contributed by atoms with van der Waals surface area (Å²) in [4.78, 5) is 10.3. The first-order chi connectivity index (χ1) is 12.3. The van der Waals surface area contributed by atoms with Crippen LogP contribution in [0.4, 0.5) is 10.1 Å². The molecule has 3 rings (SSSR count). The number of carboxylic acids is 1. The quantitative estimate of drug-likeness (QED) is 0.714.